The van der Waals surface area contributed by atoms with Gasteiger partial charge in [0.25, 0.3) is 0 Å². The van der Waals surface area contributed by atoms with Gasteiger partial charge in [-0.3, -0.25) is 9.59 Å². The number of carbonyl (C=O) groups excluding carboxylic acids is 2. The molecule has 0 bridgehead atoms. The molecule has 2 atom stereocenters. The van der Waals surface area contributed by atoms with E-state index >= 15 is 0 Å². The van der Waals surface area contributed by atoms with Crippen LogP contribution in [0.3, 0.4) is 0 Å². The van der Waals surface area contributed by atoms with E-state index in [4.69, 9.17) is 0 Å². The minimum absolute atomic E-state index is 0.0898. The Morgan fingerprint density at radius 1 is 1.50 bits per heavy atom. The molecular formula is C17H22N4O2S. The number of hydrogen-bond acceptors (Lipinski definition) is 4. The van der Waals surface area contributed by atoms with Gasteiger partial charge in [0.05, 0.1) is 24.8 Å². The molecule has 7 heteroatoms. The van der Waals surface area contributed by atoms with Crippen LogP contribution >= 0.6 is 11.3 Å². The van der Waals surface area contributed by atoms with Crippen molar-refractivity contribution in [3.8, 4) is 0 Å². The molecule has 128 valence electrons. The molecule has 0 radical (unpaired) electrons. The van der Waals surface area contributed by atoms with Gasteiger partial charge in [-0.1, -0.05) is 6.07 Å². The van der Waals surface area contributed by atoms with E-state index in [9.17, 15) is 9.59 Å². The highest BCUT2D eigenvalue weighted by Gasteiger charge is 2.27. The number of thiophene rings is 1. The Morgan fingerprint density at radius 2 is 2.38 bits per heavy atom. The third kappa shape index (κ3) is 4.03. The molecule has 2 aromatic heterocycles. The number of likely N-dealkylation sites (tertiary alicyclic amines) is 1. The molecule has 3 heterocycles. The van der Waals surface area contributed by atoms with Crippen molar-refractivity contribution in [2.24, 2.45) is 0 Å². The molecule has 6 nitrogen and oxygen atoms in total. The van der Waals surface area contributed by atoms with Crippen molar-refractivity contribution < 1.29 is 9.59 Å². The van der Waals surface area contributed by atoms with Gasteiger partial charge in [-0.25, -0.2) is 4.98 Å². The van der Waals surface area contributed by atoms with Gasteiger partial charge in [-0.2, -0.15) is 0 Å². The van der Waals surface area contributed by atoms with Crippen molar-refractivity contribution in [3.05, 3.63) is 41.1 Å². The van der Waals surface area contributed by atoms with Crippen LogP contribution in [0.1, 0.15) is 43.1 Å². The number of rotatable bonds is 5. The predicted molar refractivity (Wildman–Crippen MR) is 92.6 cm³/mol. The number of hydrogen-bond donors (Lipinski definition) is 1. The molecule has 2 unspecified atom stereocenters. The fourth-order valence-corrected chi connectivity index (χ4v) is 3.95. The van der Waals surface area contributed by atoms with Crippen LogP contribution in [0.25, 0.3) is 0 Å². The summed E-state index contributed by atoms with van der Waals surface area (Å²) in [6.45, 7) is 2.97. The molecule has 24 heavy (non-hydrogen) atoms. The number of piperidine rings is 1. The summed E-state index contributed by atoms with van der Waals surface area (Å²) in [6.07, 6.45) is 7.87. The molecular weight excluding hydrogens is 324 g/mol. The van der Waals surface area contributed by atoms with Gasteiger partial charge in [0.2, 0.25) is 11.8 Å². The lowest BCUT2D eigenvalue weighted by Crippen LogP contribution is -2.42. The summed E-state index contributed by atoms with van der Waals surface area (Å²) in [5, 5.41) is 4.86. The number of aromatic nitrogens is 2. The largest absolute Gasteiger partial charge is 0.348 e. The monoisotopic (exact) mass is 346 g/mol. The van der Waals surface area contributed by atoms with Crippen molar-refractivity contribution in [1.29, 1.82) is 0 Å². The second-order valence-electron chi connectivity index (χ2n) is 6.12. The van der Waals surface area contributed by atoms with E-state index in [-0.39, 0.29) is 23.9 Å². The molecule has 1 fully saturated rings. The van der Waals surface area contributed by atoms with Gasteiger partial charge >= 0.3 is 0 Å². The van der Waals surface area contributed by atoms with Crippen molar-refractivity contribution in [2.75, 3.05) is 13.1 Å². The minimum Gasteiger partial charge on any atom is -0.348 e. The zero-order valence-corrected chi connectivity index (χ0v) is 14.5. The maximum Gasteiger partial charge on any atom is 0.225 e. The Bertz CT molecular complexity index is 669. The number of nitrogens with zero attached hydrogens (tertiary/aromatic N) is 3. The standard InChI is InChI=1S/C17H22N4O2S/c1-13(22)19-15(16-5-3-9-24-16)10-17(23)20-7-2-4-14(11-20)21-8-6-18-12-21/h3,5-6,8-9,12,14-15H,2,4,7,10-11H2,1H3,(H,19,22). The van der Waals surface area contributed by atoms with E-state index < -0.39 is 0 Å². The highest BCUT2D eigenvalue weighted by molar-refractivity contribution is 7.10. The van der Waals surface area contributed by atoms with Gasteiger partial charge in [-0.15, -0.1) is 11.3 Å². The van der Waals surface area contributed by atoms with Gasteiger partial charge in [0.15, 0.2) is 0 Å². The lowest BCUT2D eigenvalue weighted by Gasteiger charge is -2.34. The van der Waals surface area contributed by atoms with E-state index in [2.05, 4.69) is 14.9 Å². The Kier molecular flexibility index (Phi) is 5.30. The average molecular weight is 346 g/mol. The maximum absolute atomic E-state index is 12.8. The van der Waals surface area contributed by atoms with Crippen LogP contribution in [0.4, 0.5) is 0 Å². The smallest absolute Gasteiger partial charge is 0.225 e. The Morgan fingerprint density at radius 3 is 3.04 bits per heavy atom. The zero-order valence-electron chi connectivity index (χ0n) is 13.7. The van der Waals surface area contributed by atoms with Gasteiger partial charge in [0, 0.05) is 37.3 Å². The molecule has 0 spiro atoms. The highest BCUT2D eigenvalue weighted by Crippen LogP contribution is 2.26. The van der Waals surface area contributed by atoms with E-state index in [1.54, 1.807) is 17.5 Å². The third-order valence-corrected chi connectivity index (χ3v) is 5.32. The van der Waals surface area contributed by atoms with Crippen molar-refractivity contribution >= 4 is 23.2 Å². The second kappa shape index (κ2) is 7.61. The molecule has 1 aliphatic rings. The topological polar surface area (TPSA) is 67.2 Å². The number of amides is 2. The summed E-state index contributed by atoms with van der Waals surface area (Å²) in [5.74, 6) is -0.0249. The van der Waals surface area contributed by atoms with E-state index in [0.717, 1.165) is 24.3 Å². The highest BCUT2D eigenvalue weighted by atomic mass is 32.1. The lowest BCUT2D eigenvalue weighted by atomic mass is 10.0. The van der Waals surface area contributed by atoms with Gasteiger partial charge in [0.1, 0.15) is 0 Å². The van der Waals surface area contributed by atoms with Crippen molar-refractivity contribution in [3.63, 3.8) is 0 Å². The van der Waals surface area contributed by atoms with Crippen LogP contribution in [0, 0.1) is 0 Å². The van der Waals surface area contributed by atoms with Crippen molar-refractivity contribution in [2.45, 2.75) is 38.3 Å². The fraction of sp³-hybridized carbons (Fsp3) is 0.471. The minimum atomic E-state index is -0.247. The molecule has 2 aromatic rings. The van der Waals surface area contributed by atoms with Crippen LogP contribution in [0.2, 0.25) is 0 Å². The molecule has 0 aliphatic carbocycles. The normalized spacial score (nSPS) is 19.0. The first kappa shape index (κ1) is 16.7. The molecule has 1 saturated heterocycles. The summed E-state index contributed by atoms with van der Waals surface area (Å²) < 4.78 is 2.07. The maximum atomic E-state index is 12.8. The number of nitrogens with one attached hydrogen (secondary N) is 1. The lowest BCUT2D eigenvalue weighted by molar-refractivity contribution is -0.133. The summed E-state index contributed by atoms with van der Waals surface area (Å²) >= 11 is 1.56. The number of imidazole rings is 1. The van der Waals surface area contributed by atoms with Crippen LogP contribution in [0.15, 0.2) is 36.2 Å². The molecule has 3 rings (SSSR count). The molecule has 2 amide bonds. The van der Waals surface area contributed by atoms with Crippen LogP contribution in [0.5, 0.6) is 0 Å². The Labute approximate surface area is 145 Å². The first-order valence-corrected chi connectivity index (χ1v) is 9.07. The first-order valence-electron chi connectivity index (χ1n) is 8.19. The van der Waals surface area contributed by atoms with E-state index in [0.29, 0.717) is 13.0 Å². The summed E-state index contributed by atoms with van der Waals surface area (Å²) in [5.41, 5.74) is 0. The third-order valence-electron chi connectivity index (χ3n) is 4.34. The van der Waals surface area contributed by atoms with E-state index in [1.807, 2.05) is 34.9 Å². The second-order valence-corrected chi connectivity index (χ2v) is 7.10. The van der Waals surface area contributed by atoms with Crippen LogP contribution in [-0.4, -0.2) is 39.4 Å². The quantitative estimate of drug-likeness (QED) is 0.904. The summed E-state index contributed by atoms with van der Waals surface area (Å²) in [7, 11) is 0. The van der Waals surface area contributed by atoms with Crippen LogP contribution < -0.4 is 5.32 Å². The van der Waals surface area contributed by atoms with Gasteiger partial charge in [-0.05, 0) is 24.3 Å². The predicted octanol–water partition coefficient (Wildman–Crippen LogP) is 2.38. The summed E-state index contributed by atoms with van der Waals surface area (Å²) in [4.78, 5) is 31.3. The Balaban J connectivity index is 1.65. The first-order chi connectivity index (χ1) is 11.6. The number of carbonyl (C=O) groups is 2. The van der Waals surface area contributed by atoms with E-state index in [1.165, 1.54) is 6.92 Å². The van der Waals surface area contributed by atoms with Crippen LogP contribution in [-0.2, 0) is 9.59 Å². The zero-order chi connectivity index (χ0) is 16.9. The molecule has 0 saturated carbocycles. The summed E-state index contributed by atoms with van der Waals surface area (Å²) in [6, 6.07) is 3.94. The Hall–Kier alpha value is -2.15. The molecule has 1 N–H and O–H groups in total. The molecule has 0 aromatic carbocycles. The average Bonchev–Trinajstić information content (AvgIpc) is 3.27. The van der Waals surface area contributed by atoms with Crippen molar-refractivity contribution in [1.82, 2.24) is 19.8 Å². The fourth-order valence-electron chi connectivity index (χ4n) is 3.17. The van der Waals surface area contributed by atoms with Gasteiger partial charge < -0.3 is 14.8 Å². The SMILES string of the molecule is CC(=O)NC(CC(=O)N1CCCC(n2ccnc2)C1)c1cccs1. The molecule has 1 aliphatic heterocycles.